The molecule has 0 saturated carbocycles. The van der Waals surface area contributed by atoms with Crippen LogP contribution < -0.4 is 5.32 Å². The van der Waals surface area contributed by atoms with Gasteiger partial charge in [-0.15, -0.1) is 0 Å². The van der Waals surface area contributed by atoms with Crippen molar-refractivity contribution in [3.8, 4) is 0 Å². The molecule has 0 aromatic rings. The summed E-state index contributed by atoms with van der Waals surface area (Å²) in [5.41, 5.74) is 0. The van der Waals surface area contributed by atoms with Crippen LogP contribution in [0.4, 0.5) is 0 Å². The Bertz CT molecular complexity index is 113. The molecule has 0 atom stereocenters. The third-order valence-electron chi connectivity index (χ3n) is 2.30. The van der Waals surface area contributed by atoms with Gasteiger partial charge in [-0.2, -0.15) is 0 Å². The van der Waals surface area contributed by atoms with Gasteiger partial charge in [-0.05, 0) is 58.4 Å². The minimum atomic E-state index is 0.776. The standard InChI is InChI=1S/C12H28N2/c1-5-9-14(4)10-7-6-8-13-11-12(2)3/h12-13H,5-11H2,1-4H3. The van der Waals surface area contributed by atoms with Crippen molar-refractivity contribution in [1.29, 1.82) is 0 Å². The van der Waals surface area contributed by atoms with E-state index in [2.05, 4.69) is 38.0 Å². The van der Waals surface area contributed by atoms with Crippen molar-refractivity contribution in [2.75, 3.05) is 33.2 Å². The highest BCUT2D eigenvalue weighted by Crippen LogP contribution is 1.94. The summed E-state index contributed by atoms with van der Waals surface area (Å²) in [6, 6.07) is 0. The van der Waals surface area contributed by atoms with Crippen LogP contribution in [0.2, 0.25) is 0 Å². The second-order valence-electron chi connectivity index (χ2n) is 4.61. The Morgan fingerprint density at radius 3 is 2.43 bits per heavy atom. The summed E-state index contributed by atoms with van der Waals surface area (Å²) in [4.78, 5) is 2.42. The Kier molecular flexibility index (Phi) is 9.42. The Morgan fingerprint density at radius 1 is 1.14 bits per heavy atom. The van der Waals surface area contributed by atoms with Crippen molar-refractivity contribution in [2.24, 2.45) is 5.92 Å². The first kappa shape index (κ1) is 13.9. The van der Waals surface area contributed by atoms with E-state index < -0.39 is 0 Å². The fraction of sp³-hybridized carbons (Fsp3) is 1.00. The fourth-order valence-electron chi connectivity index (χ4n) is 1.52. The highest BCUT2D eigenvalue weighted by molar-refractivity contribution is 4.54. The summed E-state index contributed by atoms with van der Waals surface area (Å²) in [5, 5.41) is 3.47. The maximum atomic E-state index is 3.47. The zero-order chi connectivity index (χ0) is 10.8. The van der Waals surface area contributed by atoms with Gasteiger partial charge in [-0.25, -0.2) is 0 Å². The van der Waals surface area contributed by atoms with Gasteiger partial charge >= 0.3 is 0 Å². The second kappa shape index (κ2) is 9.47. The lowest BCUT2D eigenvalue weighted by Crippen LogP contribution is -2.23. The lowest BCUT2D eigenvalue weighted by atomic mass is 10.2. The van der Waals surface area contributed by atoms with Crippen LogP contribution in [0.15, 0.2) is 0 Å². The average molecular weight is 200 g/mol. The van der Waals surface area contributed by atoms with Gasteiger partial charge in [0.25, 0.3) is 0 Å². The molecule has 0 aliphatic rings. The average Bonchev–Trinajstić information content (AvgIpc) is 2.11. The molecule has 0 spiro atoms. The molecule has 0 saturated heterocycles. The van der Waals surface area contributed by atoms with E-state index >= 15 is 0 Å². The Morgan fingerprint density at radius 2 is 1.86 bits per heavy atom. The molecule has 0 aromatic heterocycles. The predicted molar refractivity (Wildman–Crippen MR) is 64.7 cm³/mol. The molecular weight excluding hydrogens is 172 g/mol. The van der Waals surface area contributed by atoms with E-state index in [4.69, 9.17) is 0 Å². The molecule has 2 heteroatoms. The zero-order valence-electron chi connectivity index (χ0n) is 10.5. The lowest BCUT2D eigenvalue weighted by Gasteiger charge is -2.15. The maximum absolute atomic E-state index is 3.47. The van der Waals surface area contributed by atoms with Crippen molar-refractivity contribution >= 4 is 0 Å². The van der Waals surface area contributed by atoms with E-state index in [9.17, 15) is 0 Å². The summed E-state index contributed by atoms with van der Waals surface area (Å²) in [6.45, 7) is 11.6. The van der Waals surface area contributed by atoms with Crippen LogP contribution in [0.25, 0.3) is 0 Å². The van der Waals surface area contributed by atoms with Gasteiger partial charge in [0, 0.05) is 0 Å². The zero-order valence-corrected chi connectivity index (χ0v) is 10.5. The molecule has 0 amide bonds. The highest BCUT2D eigenvalue weighted by atomic mass is 15.1. The van der Waals surface area contributed by atoms with Crippen LogP contribution in [-0.4, -0.2) is 38.1 Å². The van der Waals surface area contributed by atoms with Crippen LogP contribution in [0.5, 0.6) is 0 Å². The summed E-state index contributed by atoms with van der Waals surface area (Å²) >= 11 is 0. The first-order valence-corrected chi connectivity index (χ1v) is 6.06. The predicted octanol–water partition coefficient (Wildman–Crippen LogP) is 2.35. The highest BCUT2D eigenvalue weighted by Gasteiger charge is 1.96. The van der Waals surface area contributed by atoms with Crippen molar-refractivity contribution in [3.63, 3.8) is 0 Å². The molecule has 0 aliphatic heterocycles. The van der Waals surface area contributed by atoms with E-state index in [0.29, 0.717) is 0 Å². The van der Waals surface area contributed by atoms with Gasteiger partial charge in [0.05, 0.1) is 0 Å². The number of hydrogen-bond acceptors (Lipinski definition) is 2. The molecule has 1 N–H and O–H groups in total. The Hall–Kier alpha value is -0.0800. The number of hydrogen-bond donors (Lipinski definition) is 1. The van der Waals surface area contributed by atoms with Crippen molar-refractivity contribution < 1.29 is 0 Å². The molecule has 0 aliphatic carbocycles. The van der Waals surface area contributed by atoms with E-state index in [1.807, 2.05) is 0 Å². The van der Waals surface area contributed by atoms with Gasteiger partial charge in [0.2, 0.25) is 0 Å². The number of unbranched alkanes of at least 4 members (excludes halogenated alkanes) is 1. The van der Waals surface area contributed by atoms with Gasteiger partial charge in [0.1, 0.15) is 0 Å². The molecule has 0 fully saturated rings. The third kappa shape index (κ3) is 10.0. The normalized spacial score (nSPS) is 11.6. The number of nitrogens with one attached hydrogen (secondary N) is 1. The molecule has 86 valence electrons. The van der Waals surface area contributed by atoms with Crippen LogP contribution in [0.3, 0.4) is 0 Å². The van der Waals surface area contributed by atoms with E-state index in [0.717, 1.165) is 12.5 Å². The molecule has 2 nitrogen and oxygen atoms in total. The third-order valence-corrected chi connectivity index (χ3v) is 2.30. The van der Waals surface area contributed by atoms with Gasteiger partial charge in [-0.1, -0.05) is 20.8 Å². The monoisotopic (exact) mass is 200 g/mol. The van der Waals surface area contributed by atoms with E-state index in [-0.39, 0.29) is 0 Å². The minimum absolute atomic E-state index is 0.776. The van der Waals surface area contributed by atoms with Crippen molar-refractivity contribution in [2.45, 2.75) is 40.0 Å². The van der Waals surface area contributed by atoms with Gasteiger partial charge in [-0.3, -0.25) is 0 Å². The first-order valence-electron chi connectivity index (χ1n) is 6.06. The van der Waals surface area contributed by atoms with Gasteiger partial charge in [0.15, 0.2) is 0 Å². The molecule has 0 bridgehead atoms. The second-order valence-corrected chi connectivity index (χ2v) is 4.61. The summed E-state index contributed by atoms with van der Waals surface area (Å²) < 4.78 is 0. The summed E-state index contributed by atoms with van der Waals surface area (Å²) in [6.07, 6.45) is 3.89. The molecule has 0 radical (unpaired) electrons. The van der Waals surface area contributed by atoms with Gasteiger partial charge < -0.3 is 10.2 Å². The molecule has 0 heterocycles. The molecule has 14 heavy (non-hydrogen) atoms. The van der Waals surface area contributed by atoms with E-state index in [1.54, 1.807) is 0 Å². The SMILES string of the molecule is CCCN(C)CCCCNCC(C)C. The van der Waals surface area contributed by atoms with Crippen LogP contribution in [-0.2, 0) is 0 Å². The fourth-order valence-corrected chi connectivity index (χ4v) is 1.52. The molecule has 0 unspecified atom stereocenters. The summed E-state index contributed by atoms with van der Waals surface area (Å²) in [5.74, 6) is 0.776. The largest absolute Gasteiger partial charge is 0.316 e. The van der Waals surface area contributed by atoms with Crippen LogP contribution in [0.1, 0.15) is 40.0 Å². The van der Waals surface area contributed by atoms with E-state index in [1.165, 1.54) is 38.9 Å². The maximum Gasteiger partial charge on any atom is -0.00213 e. The Balaban J connectivity index is 3.05. The smallest absolute Gasteiger partial charge is 0.00213 e. The number of nitrogens with zero attached hydrogens (tertiary/aromatic N) is 1. The molecular formula is C12H28N2. The first-order chi connectivity index (χ1) is 6.66. The van der Waals surface area contributed by atoms with Crippen LogP contribution >= 0.6 is 0 Å². The Labute approximate surface area is 90.1 Å². The number of rotatable bonds is 9. The van der Waals surface area contributed by atoms with Crippen molar-refractivity contribution in [3.05, 3.63) is 0 Å². The quantitative estimate of drug-likeness (QED) is 0.575. The lowest BCUT2D eigenvalue weighted by molar-refractivity contribution is 0.325. The molecule has 0 rings (SSSR count). The summed E-state index contributed by atoms with van der Waals surface area (Å²) in [7, 11) is 2.21. The molecule has 0 aromatic carbocycles. The topological polar surface area (TPSA) is 15.3 Å². The van der Waals surface area contributed by atoms with Crippen molar-refractivity contribution in [1.82, 2.24) is 10.2 Å². The van der Waals surface area contributed by atoms with Crippen LogP contribution in [0, 0.1) is 5.92 Å². The minimum Gasteiger partial charge on any atom is -0.316 e.